The SMILES string of the molecule is COC(=O)c1c(O)c2cc(Cl)ccc2n1Cc1ccc(Cl)cc1Cl. The Labute approximate surface area is 153 Å². The van der Waals surface area contributed by atoms with E-state index in [1.807, 2.05) is 0 Å². The minimum absolute atomic E-state index is 0.0424. The Morgan fingerprint density at radius 3 is 2.46 bits per heavy atom. The molecule has 0 atom stereocenters. The molecule has 0 unspecified atom stereocenters. The number of nitrogens with zero attached hydrogens (tertiary/aromatic N) is 1. The highest BCUT2D eigenvalue weighted by atomic mass is 35.5. The highest BCUT2D eigenvalue weighted by molar-refractivity contribution is 6.35. The van der Waals surface area contributed by atoms with Crippen molar-refractivity contribution < 1.29 is 14.6 Å². The Morgan fingerprint density at radius 2 is 1.79 bits per heavy atom. The number of ether oxygens (including phenoxy) is 1. The van der Waals surface area contributed by atoms with E-state index in [0.29, 0.717) is 26.0 Å². The van der Waals surface area contributed by atoms with Gasteiger partial charge >= 0.3 is 5.97 Å². The Kier molecular flexibility index (Phi) is 4.63. The van der Waals surface area contributed by atoms with Gasteiger partial charge in [-0.25, -0.2) is 4.79 Å². The fourth-order valence-corrected chi connectivity index (χ4v) is 3.24. The zero-order chi connectivity index (χ0) is 17.4. The Balaban J connectivity index is 2.23. The van der Waals surface area contributed by atoms with E-state index in [1.54, 1.807) is 41.0 Å². The highest BCUT2D eigenvalue weighted by Crippen LogP contribution is 2.35. The van der Waals surface area contributed by atoms with Gasteiger partial charge in [0, 0.05) is 20.5 Å². The molecule has 0 aliphatic carbocycles. The zero-order valence-corrected chi connectivity index (χ0v) is 14.8. The van der Waals surface area contributed by atoms with Crippen LogP contribution in [0.4, 0.5) is 0 Å². The Hall–Kier alpha value is -1.88. The van der Waals surface area contributed by atoms with E-state index in [1.165, 1.54) is 7.11 Å². The van der Waals surface area contributed by atoms with E-state index < -0.39 is 5.97 Å². The van der Waals surface area contributed by atoms with Crippen LogP contribution in [0.15, 0.2) is 36.4 Å². The van der Waals surface area contributed by atoms with E-state index in [4.69, 9.17) is 39.5 Å². The minimum Gasteiger partial charge on any atom is -0.505 e. The quantitative estimate of drug-likeness (QED) is 0.636. The van der Waals surface area contributed by atoms with Crippen molar-refractivity contribution in [2.45, 2.75) is 6.54 Å². The maximum Gasteiger partial charge on any atom is 0.358 e. The standard InChI is InChI=1S/C17H12Cl3NO3/c1-24-17(23)15-16(22)12-6-10(18)4-5-14(12)21(15)8-9-2-3-11(19)7-13(9)20/h2-7,22H,8H2,1H3. The molecule has 4 nitrogen and oxygen atoms in total. The number of hydrogen-bond acceptors (Lipinski definition) is 3. The summed E-state index contributed by atoms with van der Waals surface area (Å²) in [6, 6.07) is 10.1. The van der Waals surface area contributed by atoms with Crippen LogP contribution in [0, 0.1) is 0 Å². The number of hydrogen-bond donors (Lipinski definition) is 1. The number of aromatic hydroxyl groups is 1. The molecule has 0 saturated heterocycles. The predicted molar refractivity (Wildman–Crippen MR) is 95.5 cm³/mol. The number of rotatable bonds is 3. The molecule has 0 aliphatic heterocycles. The lowest BCUT2D eigenvalue weighted by atomic mass is 10.2. The van der Waals surface area contributed by atoms with Crippen molar-refractivity contribution in [3.8, 4) is 5.75 Å². The third-order valence-electron chi connectivity index (χ3n) is 3.72. The number of aromatic nitrogens is 1. The number of esters is 1. The number of carbonyl (C=O) groups excluding carboxylic acids is 1. The van der Waals surface area contributed by atoms with E-state index in [0.717, 1.165) is 5.56 Å². The lowest BCUT2D eigenvalue weighted by molar-refractivity contribution is 0.0586. The van der Waals surface area contributed by atoms with Crippen LogP contribution in [0.2, 0.25) is 15.1 Å². The topological polar surface area (TPSA) is 51.5 Å². The summed E-state index contributed by atoms with van der Waals surface area (Å²) < 4.78 is 6.44. The third-order valence-corrected chi connectivity index (χ3v) is 4.54. The molecule has 0 saturated carbocycles. The zero-order valence-electron chi connectivity index (χ0n) is 12.5. The van der Waals surface area contributed by atoms with Gasteiger partial charge in [-0.15, -0.1) is 0 Å². The minimum atomic E-state index is -0.648. The average molecular weight is 385 g/mol. The molecule has 124 valence electrons. The van der Waals surface area contributed by atoms with E-state index in [2.05, 4.69) is 0 Å². The lowest BCUT2D eigenvalue weighted by Crippen LogP contribution is -2.12. The third kappa shape index (κ3) is 2.93. The summed E-state index contributed by atoms with van der Waals surface area (Å²) in [6.45, 7) is 0.263. The van der Waals surface area contributed by atoms with E-state index >= 15 is 0 Å². The van der Waals surface area contributed by atoms with Gasteiger partial charge in [0.05, 0.1) is 19.2 Å². The summed E-state index contributed by atoms with van der Waals surface area (Å²) in [7, 11) is 1.26. The van der Waals surface area contributed by atoms with Gasteiger partial charge in [0.1, 0.15) is 0 Å². The second kappa shape index (κ2) is 6.55. The number of carbonyl (C=O) groups is 1. The molecule has 1 N–H and O–H groups in total. The first-order valence-electron chi connectivity index (χ1n) is 6.95. The van der Waals surface area contributed by atoms with Gasteiger partial charge in [-0.3, -0.25) is 0 Å². The molecular weight excluding hydrogens is 373 g/mol. The monoisotopic (exact) mass is 383 g/mol. The van der Waals surface area contributed by atoms with E-state index in [9.17, 15) is 9.90 Å². The molecule has 0 amide bonds. The van der Waals surface area contributed by atoms with Crippen LogP contribution < -0.4 is 0 Å². The molecule has 1 aromatic heterocycles. The normalized spacial score (nSPS) is 11.0. The van der Waals surface area contributed by atoms with Crippen molar-refractivity contribution >= 4 is 51.7 Å². The van der Waals surface area contributed by atoms with Gasteiger partial charge in [-0.2, -0.15) is 0 Å². The molecule has 0 radical (unpaired) electrons. The van der Waals surface area contributed by atoms with Gasteiger partial charge in [-0.1, -0.05) is 40.9 Å². The van der Waals surface area contributed by atoms with Crippen molar-refractivity contribution in [1.29, 1.82) is 0 Å². The summed E-state index contributed by atoms with van der Waals surface area (Å²) in [5.74, 6) is -0.825. The molecule has 2 aromatic carbocycles. The molecular formula is C17H12Cl3NO3. The number of benzene rings is 2. The number of methoxy groups -OCH3 is 1. The summed E-state index contributed by atoms with van der Waals surface area (Å²) in [6.07, 6.45) is 0. The summed E-state index contributed by atoms with van der Waals surface area (Å²) in [5, 5.41) is 12.4. The second-order valence-corrected chi connectivity index (χ2v) is 6.45. The van der Waals surface area contributed by atoms with Gasteiger partial charge < -0.3 is 14.4 Å². The van der Waals surface area contributed by atoms with Crippen molar-refractivity contribution in [3.05, 3.63) is 62.7 Å². The fraction of sp³-hybridized carbons (Fsp3) is 0.118. The lowest BCUT2D eigenvalue weighted by Gasteiger charge is -2.11. The maximum absolute atomic E-state index is 12.1. The first-order valence-corrected chi connectivity index (χ1v) is 8.08. The molecule has 24 heavy (non-hydrogen) atoms. The van der Waals surface area contributed by atoms with Gasteiger partial charge in [0.25, 0.3) is 0 Å². The van der Waals surface area contributed by atoms with Crippen LogP contribution in [-0.2, 0) is 11.3 Å². The van der Waals surface area contributed by atoms with Crippen LogP contribution in [0.25, 0.3) is 10.9 Å². The van der Waals surface area contributed by atoms with Crippen LogP contribution in [0.5, 0.6) is 5.75 Å². The number of fused-ring (bicyclic) bond motifs is 1. The van der Waals surface area contributed by atoms with Crippen molar-refractivity contribution in [2.24, 2.45) is 0 Å². The molecule has 0 spiro atoms. The van der Waals surface area contributed by atoms with Crippen LogP contribution in [0.1, 0.15) is 16.1 Å². The van der Waals surface area contributed by atoms with Gasteiger partial charge in [-0.05, 0) is 35.9 Å². The highest BCUT2D eigenvalue weighted by Gasteiger charge is 2.24. The molecule has 3 aromatic rings. The smallest absolute Gasteiger partial charge is 0.358 e. The predicted octanol–water partition coefficient (Wildman–Crippen LogP) is 5.14. The molecule has 0 aliphatic rings. The molecule has 1 heterocycles. The molecule has 7 heteroatoms. The summed E-state index contributed by atoms with van der Waals surface area (Å²) in [4.78, 5) is 12.1. The van der Waals surface area contributed by atoms with E-state index in [-0.39, 0.29) is 18.0 Å². The van der Waals surface area contributed by atoms with Gasteiger partial charge in [0.2, 0.25) is 0 Å². The number of halogens is 3. The van der Waals surface area contributed by atoms with Gasteiger partial charge in [0.15, 0.2) is 11.4 Å². The molecule has 3 rings (SSSR count). The molecule has 0 fully saturated rings. The van der Waals surface area contributed by atoms with Crippen LogP contribution in [0.3, 0.4) is 0 Å². The van der Waals surface area contributed by atoms with Crippen molar-refractivity contribution in [2.75, 3.05) is 7.11 Å². The second-order valence-electron chi connectivity index (χ2n) is 5.17. The van der Waals surface area contributed by atoms with Crippen molar-refractivity contribution in [1.82, 2.24) is 4.57 Å². The van der Waals surface area contributed by atoms with Crippen LogP contribution in [-0.4, -0.2) is 22.8 Å². The Bertz CT molecular complexity index is 950. The molecule has 0 bridgehead atoms. The average Bonchev–Trinajstić information content (AvgIpc) is 2.81. The first-order chi connectivity index (χ1) is 11.4. The largest absolute Gasteiger partial charge is 0.505 e. The van der Waals surface area contributed by atoms with Crippen LogP contribution >= 0.6 is 34.8 Å². The summed E-state index contributed by atoms with van der Waals surface area (Å²) in [5.41, 5.74) is 1.43. The Morgan fingerprint density at radius 1 is 1.12 bits per heavy atom. The fourth-order valence-electron chi connectivity index (χ4n) is 2.60. The first kappa shape index (κ1) is 17.0. The summed E-state index contributed by atoms with van der Waals surface area (Å²) >= 11 is 18.1. The maximum atomic E-state index is 12.1. The van der Waals surface area contributed by atoms with Crippen molar-refractivity contribution in [3.63, 3.8) is 0 Å².